The number of hydrogen-bond donors (Lipinski definition) is 1. The van der Waals surface area contributed by atoms with E-state index in [0.717, 1.165) is 23.2 Å². The predicted octanol–water partition coefficient (Wildman–Crippen LogP) is 4.71. The van der Waals surface area contributed by atoms with Crippen molar-refractivity contribution in [3.63, 3.8) is 0 Å². The Kier molecular flexibility index (Phi) is 6.75. The topological polar surface area (TPSA) is 41.6 Å². The van der Waals surface area contributed by atoms with E-state index in [-0.39, 0.29) is 5.91 Å². The van der Waals surface area contributed by atoms with E-state index in [2.05, 4.69) is 21.2 Å². The Labute approximate surface area is 155 Å². The van der Waals surface area contributed by atoms with Gasteiger partial charge < -0.3 is 15.0 Å². The van der Waals surface area contributed by atoms with Crippen LogP contribution in [0.25, 0.3) is 0 Å². The van der Waals surface area contributed by atoms with Crippen LogP contribution in [-0.2, 0) is 0 Å². The summed E-state index contributed by atoms with van der Waals surface area (Å²) < 4.78 is 6.61. The number of anilines is 1. The number of carbonyl (C=O) groups is 1. The Hall–Kier alpha value is -1.92. The summed E-state index contributed by atoms with van der Waals surface area (Å²) in [6, 6.07) is 14.3. The molecular weight excluding hydrogens is 388 g/mol. The van der Waals surface area contributed by atoms with Crippen LogP contribution in [0, 0.1) is 0 Å². The first-order valence-corrected chi connectivity index (χ1v) is 8.87. The lowest BCUT2D eigenvalue weighted by Crippen LogP contribution is -2.32. The summed E-state index contributed by atoms with van der Waals surface area (Å²) in [5, 5.41) is 3.28. The third-order valence-corrected chi connectivity index (χ3v) is 4.32. The van der Waals surface area contributed by atoms with Gasteiger partial charge >= 0.3 is 0 Å². The maximum atomic E-state index is 12.2. The Balaban J connectivity index is 1.99. The van der Waals surface area contributed by atoms with Gasteiger partial charge in [-0.1, -0.05) is 15.9 Å². The van der Waals surface area contributed by atoms with Crippen LogP contribution in [0.4, 0.5) is 5.69 Å². The van der Waals surface area contributed by atoms with Crippen molar-refractivity contribution in [2.45, 2.75) is 13.8 Å². The van der Waals surface area contributed by atoms with E-state index in [1.54, 1.807) is 24.3 Å². The lowest BCUT2D eigenvalue weighted by atomic mass is 10.2. The van der Waals surface area contributed by atoms with Crippen LogP contribution in [0.15, 0.2) is 53.0 Å². The number of nitrogens with zero attached hydrogens (tertiary/aromatic N) is 1. The van der Waals surface area contributed by atoms with Crippen molar-refractivity contribution < 1.29 is 9.53 Å². The SMILES string of the molecule is CCN(CC)C(=S)Oc1ccc(C(=O)Nc2ccc(Br)cc2)cc1. The molecule has 0 aliphatic heterocycles. The minimum atomic E-state index is -0.171. The Morgan fingerprint density at radius 3 is 2.21 bits per heavy atom. The van der Waals surface area contributed by atoms with Crippen LogP contribution in [-0.4, -0.2) is 29.1 Å². The summed E-state index contributed by atoms with van der Waals surface area (Å²) in [6.07, 6.45) is 0. The molecule has 0 radical (unpaired) electrons. The van der Waals surface area contributed by atoms with E-state index in [1.807, 2.05) is 43.0 Å². The molecule has 0 unspecified atom stereocenters. The second-order valence-corrected chi connectivity index (χ2v) is 6.29. The molecule has 0 heterocycles. The molecular formula is C18H19BrN2O2S. The summed E-state index contributed by atoms with van der Waals surface area (Å²) in [7, 11) is 0. The number of amides is 1. The van der Waals surface area contributed by atoms with Gasteiger partial charge in [-0.3, -0.25) is 4.79 Å². The summed E-state index contributed by atoms with van der Waals surface area (Å²) in [4.78, 5) is 14.2. The normalized spacial score (nSPS) is 10.1. The lowest BCUT2D eigenvalue weighted by molar-refractivity contribution is 0.102. The fourth-order valence-corrected chi connectivity index (χ4v) is 2.68. The van der Waals surface area contributed by atoms with Gasteiger partial charge in [-0.05, 0) is 74.6 Å². The number of carbonyl (C=O) groups excluding carboxylic acids is 1. The lowest BCUT2D eigenvalue weighted by Gasteiger charge is -2.21. The predicted molar refractivity (Wildman–Crippen MR) is 105 cm³/mol. The molecule has 2 aromatic carbocycles. The van der Waals surface area contributed by atoms with Crippen LogP contribution < -0.4 is 10.1 Å². The van der Waals surface area contributed by atoms with Crippen LogP contribution >= 0.6 is 28.1 Å². The quantitative estimate of drug-likeness (QED) is 0.730. The second kappa shape index (κ2) is 8.80. The Morgan fingerprint density at radius 2 is 1.67 bits per heavy atom. The summed E-state index contributed by atoms with van der Waals surface area (Å²) in [5.41, 5.74) is 1.30. The molecule has 126 valence electrons. The second-order valence-electron chi connectivity index (χ2n) is 5.03. The molecule has 0 aliphatic carbocycles. The number of nitrogens with one attached hydrogen (secondary N) is 1. The molecule has 2 rings (SSSR count). The third kappa shape index (κ3) is 5.04. The fourth-order valence-electron chi connectivity index (χ4n) is 2.06. The Morgan fingerprint density at radius 1 is 1.08 bits per heavy atom. The molecule has 0 fully saturated rings. The van der Waals surface area contributed by atoms with Crippen LogP contribution in [0.2, 0.25) is 0 Å². The number of thiocarbonyl (C=S) groups is 1. The number of halogens is 1. The number of rotatable bonds is 5. The maximum Gasteiger partial charge on any atom is 0.264 e. The van der Waals surface area contributed by atoms with Gasteiger partial charge in [0.1, 0.15) is 5.75 Å². The molecule has 0 spiro atoms. The molecule has 1 amide bonds. The van der Waals surface area contributed by atoms with E-state index in [0.29, 0.717) is 16.5 Å². The standard InChI is InChI=1S/C18H19BrN2O2S/c1-3-21(4-2)18(24)23-16-11-5-13(6-12-16)17(22)20-15-9-7-14(19)8-10-15/h5-12H,3-4H2,1-2H3,(H,20,22). The zero-order valence-electron chi connectivity index (χ0n) is 13.6. The monoisotopic (exact) mass is 406 g/mol. The first kappa shape index (κ1) is 18.4. The van der Waals surface area contributed by atoms with Crippen molar-refractivity contribution in [2.24, 2.45) is 0 Å². The summed E-state index contributed by atoms with van der Waals surface area (Å²) in [5.74, 6) is 0.447. The fraction of sp³-hybridized carbons (Fsp3) is 0.222. The Bertz CT molecular complexity index is 698. The molecule has 0 bridgehead atoms. The highest BCUT2D eigenvalue weighted by atomic mass is 79.9. The number of hydrogen-bond acceptors (Lipinski definition) is 3. The van der Waals surface area contributed by atoms with E-state index in [4.69, 9.17) is 17.0 Å². The van der Waals surface area contributed by atoms with Gasteiger partial charge in [-0.25, -0.2) is 0 Å². The molecule has 2 aromatic rings. The van der Waals surface area contributed by atoms with Crippen molar-refractivity contribution in [1.29, 1.82) is 0 Å². The third-order valence-electron chi connectivity index (χ3n) is 3.45. The van der Waals surface area contributed by atoms with Crippen molar-refractivity contribution >= 4 is 44.9 Å². The first-order chi connectivity index (χ1) is 11.5. The van der Waals surface area contributed by atoms with E-state index >= 15 is 0 Å². The molecule has 0 aliphatic rings. The molecule has 0 saturated heterocycles. The van der Waals surface area contributed by atoms with E-state index in [9.17, 15) is 4.79 Å². The average Bonchev–Trinajstić information content (AvgIpc) is 2.58. The van der Waals surface area contributed by atoms with Crippen molar-refractivity contribution in [2.75, 3.05) is 18.4 Å². The van der Waals surface area contributed by atoms with Gasteiger partial charge in [0.25, 0.3) is 11.1 Å². The van der Waals surface area contributed by atoms with Gasteiger partial charge in [0.05, 0.1) is 0 Å². The van der Waals surface area contributed by atoms with E-state index < -0.39 is 0 Å². The first-order valence-electron chi connectivity index (χ1n) is 7.67. The highest BCUT2D eigenvalue weighted by Gasteiger charge is 2.09. The van der Waals surface area contributed by atoms with Gasteiger partial charge in [0.15, 0.2) is 0 Å². The zero-order valence-corrected chi connectivity index (χ0v) is 16.0. The summed E-state index contributed by atoms with van der Waals surface area (Å²) in [6.45, 7) is 5.63. The largest absolute Gasteiger partial charge is 0.432 e. The number of ether oxygens (including phenoxy) is 1. The molecule has 6 heteroatoms. The highest BCUT2D eigenvalue weighted by Crippen LogP contribution is 2.17. The van der Waals surface area contributed by atoms with Crippen molar-refractivity contribution in [1.82, 2.24) is 4.90 Å². The minimum absolute atomic E-state index is 0.171. The smallest absolute Gasteiger partial charge is 0.264 e. The van der Waals surface area contributed by atoms with Gasteiger partial charge in [-0.15, -0.1) is 0 Å². The zero-order chi connectivity index (χ0) is 17.5. The highest BCUT2D eigenvalue weighted by molar-refractivity contribution is 9.10. The molecule has 1 N–H and O–H groups in total. The van der Waals surface area contributed by atoms with E-state index in [1.165, 1.54) is 0 Å². The van der Waals surface area contributed by atoms with Crippen LogP contribution in [0.3, 0.4) is 0 Å². The molecule has 0 aromatic heterocycles. The summed E-state index contributed by atoms with van der Waals surface area (Å²) >= 11 is 8.62. The van der Waals surface area contributed by atoms with Gasteiger partial charge in [0, 0.05) is 28.8 Å². The number of benzene rings is 2. The van der Waals surface area contributed by atoms with Crippen LogP contribution in [0.1, 0.15) is 24.2 Å². The molecule has 0 atom stereocenters. The molecule has 0 saturated carbocycles. The van der Waals surface area contributed by atoms with Gasteiger partial charge in [0.2, 0.25) is 0 Å². The van der Waals surface area contributed by atoms with Crippen molar-refractivity contribution in [3.05, 3.63) is 58.6 Å². The molecule has 4 nitrogen and oxygen atoms in total. The molecule has 24 heavy (non-hydrogen) atoms. The van der Waals surface area contributed by atoms with Crippen LogP contribution in [0.5, 0.6) is 5.75 Å². The minimum Gasteiger partial charge on any atom is -0.432 e. The average molecular weight is 407 g/mol. The van der Waals surface area contributed by atoms with Gasteiger partial charge in [-0.2, -0.15) is 0 Å². The maximum absolute atomic E-state index is 12.2. The van der Waals surface area contributed by atoms with Crippen molar-refractivity contribution in [3.8, 4) is 5.75 Å².